The number of aromatic nitrogens is 2. The number of nitrogens with one attached hydrogen (secondary N) is 1. The van der Waals surface area contributed by atoms with Crippen LogP contribution in [0.5, 0.6) is 0 Å². The second-order valence-electron chi connectivity index (χ2n) is 5.30. The molecular formula is C13H21N3. The summed E-state index contributed by atoms with van der Waals surface area (Å²) in [6, 6.07) is 0. The van der Waals surface area contributed by atoms with E-state index in [4.69, 9.17) is 0 Å². The lowest BCUT2D eigenvalue weighted by Crippen LogP contribution is -2.44. The molecule has 0 atom stereocenters. The standard InChI is InChI=1S/C13H21N3/c1-13(2,12-5-3-4-6-12)16-9-11-7-14-10-15-8-11/h7-8,10,12,16H,3-6,9H2,1-2H3. The number of hydrogen-bond acceptors (Lipinski definition) is 3. The molecule has 1 aromatic heterocycles. The van der Waals surface area contributed by atoms with Crippen LogP contribution in [0.4, 0.5) is 0 Å². The van der Waals surface area contributed by atoms with Crippen molar-refractivity contribution in [2.45, 2.75) is 51.6 Å². The fraction of sp³-hybridized carbons (Fsp3) is 0.692. The first-order valence-corrected chi connectivity index (χ1v) is 6.17. The first kappa shape index (κ1) is 11.5. The molecule has 0 amide bonds. The van der Waals surface area contributed by atoms with E-state index >= 15 is 0 Å². The van der Waals surface area contributed by atoms with Gasteiger partial charge in [0, 0.05) is 30.0 Å². The summed E-state index contributed by atoms with van der Waals surface area (Å²) in [7, 11) is 0. The van der Waals surface area contributed by atoms with Crippen molar-refractivity contribution in [1.82, 2.24) is 15.3 Å². The molecule has 1 aliphatic carbocycles. The Morgan fingerprint density at radius 1 is 1.25 bits per heavy atom. The molecule has 1 heterocycles. The average molecular weight is 219 g/mol. The Balaban J connectivity index is 1.89. The molecule has 2 rings (SSSR count). The fourth-order valence-electron chi connectivity index (χ4n) is 2.54. The van der Waals surface area contributed by atoms with Crippen LogP contribution in [0.15, 0.2) is 18.7 Å². The molecular weight excluding hydrogens is 198 g/mol. The van der Waals surface area contributed by atoms with Crippen molar-refractivity contribution >= 4 is 0 Å². The van der Waals surface area contributed by atoms with Gasteiger partial charge in [-0.2, -0.15) is 0 Å². The van der Waals surface area contributed by atoms with Gasteiger partial charge in [0.25, 0.3) is 0 Å². The van der Waals surface area contributed by atoms with Crippen molar-refractivity contribution in [2.75, 3.05) is 0 Å². The SMILES string of the molecule is CC(C)(NCc1cncnc1)C1CCCC1. The second kappa shape index (κ2) is 4.91. The van der Waals surface area contributed by atoms with E-state index in [1.807, 2.05) is 12.4 Å². The van der Waals surface area contributed by atoms with Gasteiger partial charge >= 0.3 is 0 Å². The van der Waals surface area contributed by atoms with Crippen LogP contribution in [-0.4, -0.2) is 15.5 Å². The zero-order chi connectivity index (χ0) is 11.4. The number of hydrogen-bond donors (Lipinski definition) is 1. The molecule has 3 heteroatoms. The summed E-state index contributed by atoms with van der Waals surface area (Å²) >= 11 is 0. The quantitative estimate of drug-likeness (QED) is 0.845. The lowest BCUT2D eigenvalue weighted by Gasteiger charge is -2.33. The van der Waals surface area contributed by atoms with Crippen molar-refractivity contribution in [3.8, 4) is 0 Å². The monoisotopic (exact) mass is 219 g/mol. The zero-order valence-electron chi connectivity index (χ0n) is 10.2. The largest absolute Gasteiger partial charge is 0.307 e. The summed E-state index contributed by atoms with van der Waals surface area (Å²) in [5.41, 5.74) is 1.39. The first-order valence-electron chi connectivity index (χ1n) is 6.17. The Bertz CT molecular complexity index is 315. The minimum atomic E-state index is 0.229. The van der Waals surface area contributed by atoms with Crippen LogP contribution >= 0.6 is 0 Å². The number of nitrogens with zero attached hydrogens (tertiary/aromatic N) is 2. The molecule has 1 aliphatic rings. The van der Waals surface area contributed by atoms with Crippen LogP contribution in [0.25, 0.3) is 0 Å². The smallest absolute Gasteiger partial charge is 0.115 e. The molecule has 0 radical (unpaired) electrons. The van der Waals surface area contributed by atoms with E-state index in [9.17, 15) is 0 Å². The molecule has 88 valence electrons. The van der Waals surface area contributed by atoms with Crippen LogP contribution in [0.1, 0.15) is 45.1 Å². The van der Waals surface area contributed by atoms with Crippen molar-refractivity contribution < 1.29 is 0 Å². The van der Waals surface area contributed by atoms with Gasteiger partial charge in [0.15, 0.2) is 0 Å². The summed E-state index contributed by atoms with van der Waals surface area (Å²) in [6.07, 6.45) is 10.9. The van der Waals surface area contributed by atoms with E-state index in [0.717, 1.165) is 18.0 Å². The highest BCUT2D eigenvalue weighted by Gasteiger charge is 2.30. The third kappa shape index (κ3) is 2.79. The molecule has 16 heavy (non-hydrogen) atoms. The summed E-state index contributed by atoms with van der Waals surface area (Å²) in [4.78, 5) is 8.06. The minimum absolute atomic E-state index is 0.229. The van der Waals surface area contributed by atoms with Crippen molar-refractivity contribution in [3.63, 3.8) is 0 Å². The van der Waals surface area contributed by atoms with E-state index in [-0.39, 0.29) is 5.54 Å². The molecule has 0 unspecified atom stereocenters. The maximum Gasteiger partial charge on any atom is 0.115 e. The Kier molecular flexibility index (Phi) is 3.54. The molecule has 1 N–H and O–H groups in total. The average Bonchev–Trinajstić information content (AvgIpc) is 2.82. The van der Waals surface area contributed by atoms with Gasteiger partial charge in [0.2, 0.25) is 0 Å². The molecule has 3 nitrogen and oxygen atoms in total. The van der Waals surface area contributed by atoms with E-state index in [2.05, 4.69) is 29.1 Å². The van der Waals surface area contributed by atoms with Gasteiger partial charge < -0.3 is 5.32 Å². The van der Waals surface area contributed by atoms with Crippen molar-refractivity contribution in [1.29, 1.82) is 0 Å². The molecule has 1 aromatic rings. The Morgan fingerprint density at radius 2 is 1.88 bits per heavy atom. The van der Waals surface area contributed by atoms with Gasteiger partial charge in [0.05, 0.1) is 0 Å². The van der Waals surface area contributed by atoms with Crippen LogP contribution < -0.4 is 5.32 Å². The topological polar surface area (TPSA) is 37.8 Å². The van der Waals surface area contributed by atoms with Crippen LogP contribution in [0.2, 0.25) is 0 Å². The number of rotatable bonds is 4. The molecule has 0 aliphatic heterocycles. The summed E-state index contributed by atoms with van der Waals surface area (Å²) in [6.45, 7) is 5.49. The lowest BCUT2D eigenvalue weighted by atomic mass is 9.86. The predicted octanol–water partition coefficient (Wildman–Crippen LogP) is 2.54. The van der Waals surface area contributed by atoms with Gasteiger partial charge in [-0.25, -0.2) is 9.97 Å². The molecule has 0 aromatic carbocycles. The van der Waals surface area contributed by atoms with Gasteiger partial charge in [-0.15, -0.1) is 0 Å². The summed E-state index contributed by atoms with van der Waals surface area (Å²) in [5, 5.41) is 3.64. The van der Waals surface area contributed by atoms with E-state index in [0.29, 0.717) is 0 Å². The molecule has 1 saturated carbocycles. The second-order valence-corrected chi connectivity index (χ2v) is 5.30. The highest BCUT2D eigenvalue weighted by atomic mass is 15.0. The van der Waals surface area contributed by atoms with Crippen LogP contribution in [-0.2, 0) is 6.54 Å². The Hall–Kier alpha value is -0.960. The highest BCUT2D eigenvalue weighted by molar-refractivity contribution is 5.03. The molecule has 0 bridgehead atoms. The third-order valence-electron chi connectivity index (χ3n) is 3.74. The van der Waals surface area contributed by atoms with Gasteiger partial charge in [-0.05, 0) is 32.6 Å². The Morgan fingerprint density at radius 3 is 2.50 bits per heavy atom. The normalized spacial score (nSPS) is 17.9. The predicted molar refractivity (Wildman–Crippen MR) is 64.9 cm³/mol. The van der Waals surface area contributed by atoms with E-state index < -0.39 is 0 Å². The van der Waals surface area contributed by atoms with Crippen molar-refractivity contribution in [2.24, 2.45) is 5.92 Å². The van der Waals surface area contributed by atoms with Crippen LogP contribution in [0, 0.1) is 5.92 Å². The molecule has 1 fully saturated rings. The van der Waals surface area contributed by atoms with E-state index in [1.165, 1.54) is 25.7 Å². The first-order chi connectivity index (χ1) is 7.68. The minimum Gasteiger partial charge on any atom is -0.307 e. The lowest BCUT2D eigenvalue weighted by molar-refractivity contribution is 0.254. The fourth-order valence-corrected chi connectivity index (χ4v) is 2.54. The maximum absolute atomic E-state index is 4.03. The zero-order valence-corrected chi connectivity index (χ0v) is 10.2. The summed E-state index contributed by atoms with van der Waals surface area (Å²) in [5.74, 6) is 0.817. The van der Waals surface area contributed by atoms with E-state index in [1.54, 1.807) is 6.33 Å². The van der Waals surface area contributed by atoms with Gasteiger partial charge in [-0.3, -0.25) is 0 Å². The van der Waals surface area contributed by atoms with Gasteiger partial charge in [0.1, 0.15) is 6.33 Å². The Labute approximate surface area is 97.7 Å². The van der Waals surface area contributed by atoms with Crippen LogP contribution in [0.3, 0.4) is 0 Å². The van der Waals surface area contributed by atoms with Gasteiger partial charge in [-0.1, -0.05) is 12.8 Å². The molecule has 0 spiro atoms. The summed E-state index contributed by atoms with van der Waals surface area (Å²) < 4.78 is 0. The van der Waals surface area contributed by atoms with Crippen molar-refractivity contribution in [3.05, 3.63) is 24.3 Å². The third-order valence-corrected chi connectivity index (χ3v) is 3.74. The highest BCUT2D eigenvalue weighted by Crippen LogP contribution is 2.33. The molecule has 0 saturated heterocycles. The maximum atomic E-state index is 4.03.